The predicted octanol–water partition coefficient (Wildman–Crippen LogP) is 1.22. The Labute approximate surface area is 158 Å². The number of ether oxygens (including phenoxy) is 2. The van der Waals surface area contributed by atoms with Gasteiger partial charge in [-0.2, -0.15) is 0 Å². The first-order valence-electron chi connectivity index (χ1n) is 9.53. The number of fused-ring (bicyclic) bond motifs is 1. The fourth-order valence-corrected chi connectivity index (χ4v) is 3.75. The number of methoxy groups -OCH3 is 1. The zero-order valence-electron chi connectivity index (χ0n) is 15.7. The van der Waals surface area contributed by atoms with E-state index in [1.165, 1.54) is 5.56 Å². The SMILES string of the molecule is COc1cccc(CN2CCc3nc(N4CCOCC4)[nH]c(=O)c3CC2)c1. The summed E-state index contributed by atoms with van der Waals surface area (Å²) in [5.74, 6) is 1.56. The van der Waals surface area contributed by atoms with Crippen molar-refractivity contribution in [1.82, 2.24) is 14.9 Å². The van der Waals surface area contributed by atoms with E-state index in [0.29, 0.717) is 19.2 Å². The number of aromatic nitrogens is 2. The molecule has 0 saturated carbocycles. The standard InChI is InChI=1S/C20H26N4O3/c1-26-16-4-2-3-15(13-16)14-23-7-5-17-18(6-8-23)21-20(22-19(17)25)24-9-11-27-12-10-24/h2-4,13H,5-12,14H2,1H3,(H,21,22,25). The topological polar surface area (TPSA) is 70.7 Å². The van der Waals surface area contributed by atoms with Crippen LogP contribution in [0.15, 0.2) is 29.1 Å². The van der Waals surface area contributed by atoms with E-state index in [2.05, 4.69) is 26.9 Å². The third-order valence-electron chi connectivity index (χ3n) is 5.28. The monoisotopic (exact) mass is 370 g/mol. The molecule has 1 aromatic heterocycles. The summed E-state index contributed by atoms with van der Waals surface area (Å²) in [5.41, 5.74) is 2.99. The van der Waals surface area contributed by atoms with Gasteiger partial charge >= 0.3 is 0 Å². The lowest BCUT2D eigenvalue weighted by Gasteiger charge is -2.27. The fourth-order valence-electron chi connectivity index (χ4n) is 3.75. The van der Waals surface area contributed by atoms with Crippen molar-refractivity contribution >= 4 is 5.95 Å². The van der Waals surface area contributed by atoms with E-state index < -0.39 is 0 Å². The molecule has 0 unspecified atom stereocenters. The van der Waals surface area contributed by atoms with Crippen LogP contribution < -0.4 is 15.2 Å². The molecule has 1 aromatic carbocycles. The molecule has 0 bridgehead atoms. The van der Waals surface area contributed by atoms with Gasteiger partial charge in [-0.15, -0.1) is 0 Å². The van der Waals surface area contributed by atoms with E-state index in [0.717, 1.165) is 62.6 Å². The van der Waals surface area contributed by atoms with Crippen LogP contribution in [0.4, 0.5) is 5.95 Å². The summed E-state index contributed by atoms with van der Waals surface area (Å²) in [7, 11) is 1.69. The van der Waals surface area contributed by atoms with Gasteiger partial charge in [-0.05, 0) is 24.1 Å². The molecule has 144 valence electrons. The van der Waals surface area contributed by atoms with Crippen molar-refractivity contribution in [2.45, 2.75) is 19.4 Å². The Kier molecular flexibility index (Phi) is 5.40. The average Bonchev–Trinajstić information content (AvgIpc) is 2.91. The molecule has 0 aliphatic carbocycles. The van der Waals surface area contributed by atoms with Crippen molar-refractivity contribution in [2.24, 2.45) is 0 Å². The molecule has 1 N–H and O–H groups in total. The smallest absolute Gasteiger partial charge is 0.255 e. The van der Waals surface area contributed by atoms with E-state index in [4.69, 9.17) is 14.5 Å². The van der Waals surface area contributed by atoms with Gasteiger partial charge in [0.25, 0.3) is 5.56 Å². The lowest BCUT2D eigenvalue weighted by molar-refractivity contribution is 0.122. The number of nitrogens with zero attached hydrogens (tertiary/aromatic N) is 3. The summed E-state index contributed by atoms with van der Waals surface area (Å²) in [6, 6.07) is 8.15. The second-order valence-corrected chi connectivity index (χ2v) is 7.04. The summed E-state index contributed by atoms with van der Waals surface area (Å²) in [5, 5.41) is 0. The van der Waals surface area contributed by atoms with E-state index >= 15 is 0 Å². The third kappa shape index (κ3) is 4.14. The van der Waals surface area contributed by atoms with Crippen LogP contribution in [0.25, 0.3) is 0 Å². The normalized spacial score (nSPS) is 18.0. The Morgan fingerprint density at radius 1 is 1.19 bits per heavy atom. The zero-order chi connectivity index (χ0) is 18.6. The van der Waals surface area contributed by atoms with Crippen LogP contribution in [0.2, 0.25) is 0 Å². The lowest BCUT2D eigenvalue weighted by atomic mass is 10.1. The summed E-state index contributed by atoms with van der Waals surface area (Å²) >= 11 is 0. The van der Waals surface area contributed by atoms with Crippen molar-refractivity contribution in [3.05, 3.63) is 51.4 Å². The molecule has 0 amide bonds. The maximum absolute atomic E-state index is 12.6. The number of benzene rings is 1. The number of rotatable bonds is 4. The Bertz CT molecular complexity index is 845. The average molecular weight is 370 g/mol. The maximum atomic E-state index is 12.6. The number of aromatic amines is 1. The first-order valence-corrected chi connectivity index (χ1v) is 9.53. The van der Waals surface area contributed by atoms with Crippen LogP contribution in [0.5, 0.6) is 5.75 Å². The van der Waals surface area contributed by atoms with E-state index in [1.54, 1.807) is 7.11 Å². The molecule has 0 atom stereocenters. The summed E-state index contributed by atoms with van der Waals surface area (Å²) in [6.07, 6.45) is 1.52. The quantitative estimate of drug-likeness (QED) is 0.873. The number of hydrogen-bond acceptors (Lipinski definition) is 6. The van der Waals surface area contributed by atoms with Gasteiger partial charge in [0.1, 0.15) is 5.75 Å². The van der Waals surface area contributed by atoms with E-state index in [1.807, 2.05) is 12.1 Å². The van der Waals surface area contributed by atoms with Crippen LogP contribution in [-0.4, -0.2) is 61.4 Å². The Hall–Kier alpha value is -2.38. The van der Waals surface area contributed by atoms with Gasteiger partial charge in [0.15, 0.2) is 0 Å². The second-order valence-electron chi connectivity index (χ2n) is 7.04. The predicted molar refractivity (Wildman–Crippen MR) is 104 cm³/mol. The van der Waals surface area contributed by atoms with Crippen LogP contribution >= 0.6 is 0 Å². The highest BCUT2D eigenvalue weighted by Gasteiger charge is 2.21. The molecule has 0 spiro atoms. The summed E-state index contributed by atoms with van der Waals surface area (Å²) in [6.45, 7) is 5.48. The molecule has 2 aromatic rings. The molecule has 2 aliphatic rings. The van der Waals surface area contributed by atoms with Gasteiger partial charge in [0, 0.05) is 44.7 Å². The highest BCUT2D eigenvalue weighted by Crippen LogP contribution is 2.18. The molecular weight excluding hydrogens is 344 g/mol. The van der Waals surface area contributed by atoms with E-state index in [-0.39, 0.29) is 5.56 Å². The Balaban J connectivity index is 1.48. The van der Waals surface area contributed by atoms with Crippen molar-refractivity contribution in [3.63, 3.8) is 0 Å². The molecule has 3 heterocycles. The number of hydrogen-bond donors (Lipinski definition) is 1. The van der Waals surface area contributed by atoms with Crippen LogP contribution in [0.1, 0.15) is 16.8 Å². The van der Waals surface area contributed by atoms with E-state index in [9.17, 15) is 4.79 Å². The minimum absolute atomic E-state index is 0.00437. The zero-order valence-corrected chi connectivity index (χ0v) is 15.7. The van der Waals surface area contributed by atoms with Gasteiger partial charge in [-0.25, -0.2) is 4.98 Å². The molecular formula is C20H26N4O3. The second kappa shape index (κ2) is 8.10. The summed E-state index contributed by atoms with van der Waals surface area (Å²) in [4.78, 5) is 24.9. The van der Waals surface area contributed by atoms with Crippen molar-refractivity contribution in [2.75, 3.05) is 51.4 Å². The third-order valence-corrected chi connectivity index (χ3v) is 5.28. The number of H-pyrrole nitrogens is 1. The van der Waals surface area contributed by atoms with Gasteiger partial charge in [0.05, 0.1) is 26.0 Å². The summed E-state index contributed by atoms with van der Waals surface area (Å²) < 4.78 is 10.7. The molecule has 27 heavy (non-hydrogen) atoms. The molecule has 7 heteroatoms. The molecule has 7 nitrogen and oxygen atoms in total. The van der Waals surface area contributed by atoms with Gasteiger partial charge in [-0.1, -0.05) is 12.1 Å². The number of nitrogens with one attached hydrogen (secondary N) is 1. The van der Waals surface area contributed by atoms with Crippen LogP contribution in [-0.2, 0) is 24.1 Å². The molecule has 4 rings (SSSR count). The van der Waals surface area contributed by atoms with Crippen molar-refractivity contribution in [3.8, 4) is 5.75 Å². The molecule has 1 fully saturated rings. The van der Waals surface area contributed by atoms with Gasteiger partial charge in [-0.3, -0.25) is 14.7 Å². The highest BCUT2D eigenvalue weighted by molar-refractivity contribution is 5.35. The maximum Gasteiger partial charge on any atom is 0.255 e. The first-order chi connectivity index (χ1) is 13.2. The minimum Gasteiger partial charge on any atom is -0.497 e. The van der Waals surface area contributed by atoms with Gasteiger partial charge < -0.3 is 14.4 Å². The van der Waals surface area contributed by atoms with Gasteiger partial charge in [0.2, 0.25) is 5.95 Å². The number of morpholine rings is 1. The fraction of sp³-hybridized carbons (Fsp3) is 0.500. The molecule has 1 saturated heterocycles. The Morgan fingerprint density at radius 2 is 2.00 bits per heavy atom. The van der Waals surface area contributed by atoms with Crippen LogP contribution in [0.3, 0.4) is 0 Å². The lowest BCUT2D eigenvalue weighted by Crippen LogP contribution is -2.38. The first kappa shape index (κ1) is 18.0. The molecule has 2 aliphatic heterocycles. The van der Waals surface area contributed by atoms with Crippen molar-refractivity contribution in [1.29, 1.82) is 0 Å². The van der Waals surface area contributed by atoms with Crippen LogP contribution in [0, 0.1) is 0 Å². The Morgan fingerprint density at radius 3 is 2.81 bits per heavy atom. The number of anilines is 1. The minimum atomic E-state index is 0.00437. The molecule has 0 radical (unpaired) electrons. The highest BCUT2D eigenvalue weighted by atomic mass is 16.5. The largest absolute Gasteiger partial charge is 0.497 e. The van der Waals surface area contributed by atoms with Crippen molar-refractivity contribution < 1.29 is 9.47 Å².